The predicted molar refractivity (Wildman–Crippen MR) is 155 cm³/mol. The van der Waals surface area contributed by atoms with E-state index in [2.05, 4.69) is 144 Å². The summed E-state index contributed by atoms with van der Waals surface area (Å²) in [7, 11) is 0. The van der Waals surface area contributed by atoms with Crippen molar-refractivity contribution < 1.29 is 0 Å². The van der Waals surface area contributed by atoms with Crippen molar-refractivity contribution in [3.63, 3.8) is 0 Å². The van der Waals surface area contributed by atoms with Gasteiger partial charge in [-0.05, 0) is 47.4 Å². The molecule has 0 bridgehead atoms. The maximum absolute atomic E-state index is 3.89. The van der Waals surface area contributed by atoms with E-state index in [1.165, 1.54) is 44.4 Å². The van der Waals surface area contributed by atoms with Crippen molar-refractivity contribution in [1.82, 2.24) is 0 Å². The quantitative estimate of drug-likeness (QED) is 0.254. The lowest BCUT2D eigenvalue weighted by Gasteiger charge is -2.37. The fourth-order valence-corrected chi connectivity index (χ4v) is 6.91. The van der Waals surface area contributed by atoms with Crippen LogP contribution in [0.2, 0.25) is 0 Å². The third kappa shape index (κ3) is 2.76. The Hall–Kier alpha value is -4.56. The number of nitrogens with one attached hydrogen (secondary N) is 2. The lowest BCUT2D eigenvalue weighted by atomic mass is 9.68. The van der Waals surface area contributed by atoms with Crippen molar-refractivity contribution in [3.8, 4) is 11.1 Å². The molecule has 2 unspecified atom stereocenters. The van der Waals surface area contributed by atoms with Gasteiger partial charge >= 0.3 is 0 Å². The summed E-state index contributed by atoms with van der Waals surface area (Å²) in [5.41, 5.74) is 10.00. The Morgan fingerprint density at radius 1 is 0.514 bits per heavy atom. The van der Waals surface area contributed by atoms with Crippen molar-refractivity contribution in [3.05, 3.63) is 145 Å². The smallest absolute Gasteiger partial charge is 0.0548 e. The summed E-state index contributed by atoms with van der Waals surface area (Å²) in [5, 5.41) is 10.2. The first-order valence-electron chi connectivity index (χ1n) is 13.0. The molecule has 3 aliphatic rings. The van der Waals surface area contributed by atoms with Gasteiger partial charge in [0.1, 0.15) is 0 Å². The predicted octanol–water partition coefficient (Wildman–Crippen LogP) is 9.01. The summed E-state index contributed by atoms with van der Waals surface area (Å²) in [4.78, 5) is 0. The van der Waals surface area contributed by atoms with Gasteiger partial charge < -0.3 is 10.6 Å². The number of allylic oxidation sites excluding steroid dienone is 4. The van der Waals surface area contributed by atoms with Crippen molar-refractivity contribution in [1.29, 1.82) is 0 Å². The fourth-order valence-electron chi connectivity index (χ4n) is 6.91. The topological polar surface area (TPSA) is 24.1 Å². The molecule has 2 heteroatoms. The van der Waals surface area contributed by atoms with Crippen molar-refractivity contribution in [2.45, 2.75) is 17.3 Å². The number of para-hydroxylation sites is 2. The molecule has 1 saturated carbocycles. The molecule has 5 aromatic carbocycles. The molecule has 0 aliphatic heterocycles. The highest BCUT2D eigenvalue weighted by atomic mass is 14.9. The molecule has 0 saturated heterocycles. The molecule has 1 fully saturated rings. The van der Waals surface area contributed by atoms with Crippen molar-refractivity contribution >= 4 is 33.5 Å². The van der Waals surface area contributed by atoms with E-state index in [1.54, 1.807) is 0 Å². The maximum atomic E-state index is 3.89. The van der Waals surface area contributed by atoms with Gasteiger partial charge in [-0.2, -0.15) is 0 Å². The Bertz CT molecular complexity index is 1750. The van der Waals surface area contributed by atoms with Crippen molar-refractivity contribution in [2.24, 2.45) is 0 Å². The zero-order valence-electron chi connectivity index (χ0n) is 20.4. The van der Waals surface area contributed by atoms with Crippen LogP contribution in [0.4, 0.5) is 22.7 Å². The first-order chi connectivity index (χ1) is 18.3. The Labute approximate surface area is 217 Å². The van der Waals surface area contributed by atoms with Crippen LogP contribution in [0, 0.1) is 0 Å². The second kappa shape index (κ2) is 7.47. The third-order valence-corrected chi connectivity index (χ3v) is 8.53. The zero-order chi connectivity index (χ0) is 24.5. The highest BCUT2D eigenvalue weighted by Crippen LogP contribution is 2.75. The molecule has 0 spiro atoms. The molecule has 0 aromatic heterocycles. The van der Waals surface area contributed by atoms with Gasteiger partial charge in [0.05, 0.1) is 11.4 Å². The van der Waals surface area contributed by atoms with Crippen molar-refractivity contribution in [2.75, 3.05) is 10.6 Å². The SMILES string of the molecule is C1=CC23CC2(C=C1)c1c(c(Nc2ccccc2)c2ccccc2c1Nc1ccccc1)-c1ccccc13. The molecular formula is C35H26N2. The summed E-state index contributed by atoms with van der Waals surface area (Å²) >= 11 is 0. The second-order valence-electron chi connectivity index (χ2n) is 10.4. The third-order valence-electron chi connectivity index (χ3n) is 8.53. The molecule has 8 rings (SSSR count). The lowest BCUT2D eigenvalue weighted by molar-refractivity contribution is 0.719. The van der Waals surface area contributed by atoms with Gasteiger partial charge in [0, 0.05) is 38.5 Å². The Balaban J connectivity index is 1.52. The second-order valence-corrected chi connectivity index (χ2v) is 10.4. The van der Waals surface area contributed by atoms with Gasteiger partial charge in [0.15, 0.2) is 0 Å². The summed E-state index contributed by atoms with van der Waals surface area (Å²) in [6, 6.07) is 39.0. The van der Waals surface area contributed by atoms with Gasteiger partial charge in [-0.3, -0.25) is 0 Å². The molecule has 176 valence electrons. The minimum atomic E-state index is -0.0697. The van der Waals surface area contributed by atoms with Crippen LogP contribution < -0.4 is 10.6 Å². The molecule has 0 heterocycles. The normalized spacial score (nSPS) is 21.9. The largest absolute Gasteiger partial charge is 0.355 e. The molecule has 2 atom stereocenters. The summed E-state index contributed by atoms with van der Waals surface area (Å²) < 4.78 is 0. The Morgan fingerprint density at radius 3 is 1.76 bits per heavy atom. The number of benzene rings is 5. The van der Waals surface area contributed by atoms with Crippen LogP contribution in [0.3, 0.4) is 0 Å². The summed E-state index contributed by atoms with van der Waals surface area (Å²) in [6.45, 7) is 0. The number of fused-ring (bicyclic) bond motifs is 4. The van der Waals surface area contributed by atoms with Crippen LogP contribution in [0.1, 0.15) is 17.5 Å². The minimum absolute atomic E-state index is 0.00490. The number of hydrogen-bond acceptors (Lipinski definition) is 2. The Kier molecular flexibility index (Phi) is 4.16. The molecular weight excluding hydrogens is 448 g/mol. The van der Waals surface area contributed by atoms with Gasteiger partial charge in [0.2, 0.25) is 0 Å². The molecule has 5 aromatic rings. The average Bonchev–Trinajstić information content (AvgIpc) is 3.68. The summed E-state index contributed by atoms with van der Waals surface area (Å²) in [6.07, 6.45) is 10.5. The molecule has 2 nitrogen and oxygen atoms in total. The number of hydrogen-bond donors (Lipinski definition) is 2. The van der Waals surface area contributed by atoms with Crippen LogP contribution in [0.25, 0.3) is 21.9 Å². The van der Waals surface area contributed by atoms with E-state index in [1.807, 2.05) is 0 Å². The standard InChI is InChI=1S/C35H26N2/c1-3-13-24(14-4-1)36-32-26-17-7-8-18-27(26)33(37-25-15-5-2-6-16-25)31-30(32)28-19-9-10-20-29(28)34-21-11-12-22-35(31,34)23-34/h1-22,36-37H,23H2. The first-order valence-corrected chi connectivity index (χ1v) is 13.0. The molecule has 0 amide bonds. The molecule has 0 radical (unpaired) electrons. The number of anilines is 4. The van der Waals surface area contributed by atoms with Gasteiger partial charge in [0.25, 0.3) is 0 Å². The first kappa shape index (κ1) is 20.6. The van der Waals surface area contributed by atoms with E-state index >= 15 is 0 Å². The van der Waals surface area contributed by atoms with E-state index in [-0.39, 0.29) is 10.8 Å². The van der Waals surface area contributed by atoms with E-state index in [9.17, 15) is 0 Å². The minimum Gasteiger partial charge on any atom is -0.355 e. The molecule has 37 heavy (non-hydrogen) atoms. The molecule has 2 N–H and O–H groups in total. The van der Waals surface area contributed by atoms with E-state index in [0.29, 0.717) is 0 Å². The van der Waals surface area contributed by atoms with E-state index in [4.69, 9.17) is 0 Å². The van der Waals surface area contributed by atoms with Crippen LogP contribution in [-0.4, -0.2) is 0 Å². The lowest BCUT2D eigenvalue weighted by Crippen LogP contribution is -2.27. The van der Waals surface area contributed by atoms with Crippen LogP contribution in [-0.2, 0) is 10.8 Å². The maximum Gasteiger partial charge on any atom is 0.0548 e. The average molecular weight is 475 g/mol. The summed E-state index contributed by atoms with van der Waals surface area (Å²) in [5.74, 6) is 0. The van der Waals surface area contributed by atoms with E-state index < -0.39 is 0 Å². The Morgan fingerprint density at radius 2 is 1.05 bits per heavy atom. The molecule has 3 aliphatic carbocycles. The van der Waals surface area contributed by atoms with Crippen LogP contribution in [0.5, 0.6) is 0 Å². The number of rotatable bonds is 4. The van der Waals surface area contributed by atoms with Gasteiger partial charge in [-0.1, -0.05) is 109 Å². The highest BCUT2D eigenvalue weighted by molar-refractivity contribution is 6.14. The zero-order valence-corrected chi connectivity index (χ0v) is 20.4. The van der Waals surface area contributed by atoms with Crippen LogP contribution in [0.15, 0.2) is 133 Å². The monoisotopic (exact) mass is 474 g/mol. The van der Waals surface area contributed by atoms with Gasteiger partial charge in [-0.25, -0.2) is 0 Å². The van der Waals surface area contributed by atoms with Gasteiger partial charge in [-0.15, -0.1) is 0 Å². The highest BCUT2D eigenvalue weighted by Gasteiger charge is 2.70. The van der Waals surface area contributed by atoms with Crippen LogP contribution >= 0.6 is 0 Å². The fraction of sp³-hybridized carbons (Fsp3) is 0.0857. The van der Waals surface area contributed by atoms with E-state index in [0.717, 1.165) is 17.8 Å².